The maximum Gasteiger partial charge on any atom is 0.243 e. The number of carbonyl (C=O) groups is 2. The van der Waals surface area contributed by atoms with Gasteiger partial charge in [-0.1, -0.05) is 50.1 Å². The van der Waals surface area contributed by atoms with Crippen LogP contribution < -0.4 is 14.4 Å². The first-order valence-corrected chi connectivity index (χ1v) is 15.2. The van der Waals surface area contributed by atoms with Crippen molar-refractivity contribution in [3.8, 4) is 5.75 Å². The zero-order valence-corrected chi connectivity index (χ0v) is 23.8. The van der Waals surface area contributed by atoms with Crippen molar-refractivity contribution >= 4 is 27.5 Å². The summed E-state index contributed by atoms with van der Waals surface area (Å²) in [4.78, 5) is 28.5. The fraction of sp³-hybridized carbons (Fsp3) is 0.517. The Kier molecular flexibility index (Phi) is 10.6. The molecule has 2 aromatic carbocycles. The fourth-order valence-corrected chi connectivity index (χ4v) is 6.06. The average molecular weight is 544 g/mol. The van der Waals surface area contributed by atoms with E-state index in [0.717, 1.165) is 42.6 Å². The third kappa shape index (κ3) is 7.96. The first kappa shape index (κ1) is 29.5. The van der Waals surface area contributed by atoms with Crippen LogP contribution in [0, 0.1) is 6.92 Å². The summed E-state index contributed by atoms with van der Waals surface area (Å²) in [5, 5.41) is 3.15. The van der Waals surface area contributed by atoms with Crippen LogP contribution in [0.15, 0.2) is 48.5 Å². The van der Waals surface area contributed by atoms with E-state index in [1.165, 1.54) is 10.6 Å². The van der Waals surface area contributed by atoms with E-state index in [1.54, 1.807) is 24.1 Å². The molecule has 0 saturated heterocycles. The van der Waals surface area contributed by atoms with Gasteiger partial charge in [-0.3, -0.25) is 13.9 Å². The minimum atomic E-state index is -3.53. The number of nitrogens with zero attached hydrogens (tertiary/aromatic N) is 2. The van der Waals surface area contributed by atoms with Gasteiger partial charge in [-0.25, -0.2) is 8.42 Å². The lowest BCUT2D eigenvalue weighted by atomic mass is 10.1. The van der Waals surface area contributed by atoms with Crippen LogP contribution in [0.5, 0.6) is 5.75 Å². The maximum atomic E-state index is 13.6. The van der Waals surface area contributed by atoms with E-state index in [1.807, 2.05) is 50.2 Å². The van der Waals surface area contributed by atoms with Gasteiger partial charge in [0, 0.05) is 25.6 Å². The minimum Gasteiger partial charge on any atom is -0.497 e. The van der Waals surface area contributed by atoms with Crippen LogP contribution in [0.4, 0.5) is 5.69 Å². The van der Waals surface area contributed by atoms with E-state index in [-0.39, 0.29) is 37.4 Å². The molecule has 208 valence electrons. The van der Waals surface area contributed by atoms with Crippen molar-refractivity contribution in [3.63, 3.8) is 0 Å². The zero-order chi connectivity index (χ0) is 27.7. The highest BCUT2D eigenvalue weighted by atomic mass is 32.2. The third-order valence-corrected chi connectivity index (χ3v) is 8.32. The van der Waals surface area contributed by atoms with Crippen molar-refractivity contribution in [1.82, 2.24) is 10.2 Å². The molecule has 1 saturated carbocycles. The predicted octanol–water partition coefficient (Wildman–Crippen LogP) is 4.42. The molecule has 0 spiro atoms. The molecule has 2 aromatic rings. The summed E-state index contributed by atoms with van der Waals surface area (Å²) in [5.74, 6) is 0.418. The quantitative estimate of drug-likeness (QED) is 0.404. The molecular weight excluding hydrogens is 502 g/mol. The Labute approximate surface area is 227 Å². The number of anilines is 1. The molecule has 8 nitrogen and oxygen atoms in total. The number of ether oxygens (including phenoxy) is 1. The normalized spacial score (nSPS) is 14.6. The standard InChI is InChI=1S/C29H41N3O5S/c1-5-26(29(34)30-24-12-7-8-13-24)31(21-23-16-18-25(37-3)19-17-23)28(33)15-10-20-32(38(4,35)36)27-14-9-6-11-22(27)2/h6,9,11,14,16-19,24,26H,5,7-8,10,12-13,15,20-21H2,1-4H3,(H,30,34). The topological polar surface area (TPSA) is 96.0 Å². The van der Waals surface area contributed by atoms with Crippen LogP contribution in [0.3, 0.4) is 0 Å². The molecule has 1 atom stereocenters. The Hall–Kier alpha value is -3.07. The summed E-state index contributed by atoms with van der Waals surface area (Å²) in [6.07, 6.45) is 6.27. The van der Waals surface area contributed by atoms with Crippen molar-refractivity contribution in [3.05, 3.63) is 59.7 Å². The van der Waals surface area contributed by atoms with Gasteiger partial charge in [0.05, 0.1) is 19.1 Å². The van der Waals surface area contributed by atoms with Gasteiger partial charge in [-0.2, -0.15) is 0 Å². The molecule has 0 radical (unpaired) electrons. The van der Waals surface area contributed by atoms with Crippen molar-refractivity contribution in [2.75, 3.05) is 24.2 Å². The van der Waals surface area contributed by atoms with Crippen molar-refractivity contribution < 1.29 is 22.7 Å². The Bertz CT molecular complexity index is 1180. The highest BCUT2D eigenvalue weighted by molar-refractivity contribution is 7.92. The highest BCUT2D eigenvalue weighted by Crippen LogP contribution is 2.24. The van der Waals surface area contributed by atoms with Crippen LogP contribution in [0.25, 0.3) is 0 Å². The van der Waals surface area contributed by atoms with Gasteiger partial charge in [0.15, 0.2) is 0 Å². The number of aryl methyl sites for hydroxylation is 1. The third-order valence-electron chi connectivity index (χ3n) is 7.14. The molecule has 1 aliphatic carbocycles. The van der Waals surface area contributed by atoms with E-state index in [0.29, 0.717) is 18.5 Å². The molecule has 0 aromatic heterocycles. The molecule has 9 heteroatoms. The fourth-order valence-electron chi connectivity index (χ4n) is 5.04. The molecular formula is C29H41N3O5S. The average Bonchev–Trinajstić information content (AvgIpc) is 3.39. The SMILES string of the molecule is CCC(C(=O)NC1CCCC1)N(Cc1ccc(OC)cc1)C(=O)CCCN(c1ccccc1C)S(C)(=O)=O. The Morgan fingerprint density at radius 2 is 1.74 bits per heavy atom. The van der Waals surface area contributed by atoms with Crippen LogP contribution in [0.2, 0.25) is 0 Å². The predicted molar refractivity (Wildman–Crippen MR) is 151 cm³/mol. The van der Waals surface area contributed by atoms with E-state index in [9.17, 15) is 18.0 Å². The van der Waals surface area contributed by atoms with Crippen molar-refractivity contribution in [1.29, 1.82) is 0 Å². The van der Waals surface area contributed by atoms with Crippen molar-refractivity contribution in [2.24, 2.45) is 0 Å². The lowest BCUT2D eigenvalue weighted by Gasteiger charge is -2.32. The van der Waals surface area contributed by atoms with Crippen LogP contribution in [-0.2, 0) is 26.2 Å². The molecule has 0 bridgehead atoms. The zero-order valence-electron chi connectivity index (χ0n) is 23.0. The highest BCUT2D eigenvalue weighted by Gasteiger charge is 2.30. The second-order valence-electron chi connectivity index (χ2n) is 10.0. The lowest BCUT2D eigenvalue weighted by Crippen LogP contribution is -2.51. The Morgan fingerprint density at radius 1 is 1.08 bits per heavy atom. The van der Waals surface area contributed by atoms with Gasteiger partial charge < -0.3 is 15.0 Å². The van der Waals surface area contributed by atoms with E-state index >= 15 is 0 Å². The van der Waals surface area contributed by atoms with Crippen LogP contribution in [-0.4, -0.2) is 57.1 Å². The number of sulfonamides is 1. The molecule has 2 amide bonds. The molecule has 0 heterocycles. The number of methoxy groups -OCH3 is 1. The number of rotatable bonds is 13. The van der Waals surface area contributed by atoms with Crippen LogP contribution in [0.1, 0.15) is 63.0 Å². The summed E-state index contributed by atoms with van der Waals surface area (Å²) in [5.41, 5.74) is 2.35. The number of para-hydroxylation sites is 1. The first-order valence-electron chi connectivity index (χ1n) is 13.4. The summed E-state index contributed by atoms with van der Waals surface area (Å²) >= 11 is 0. The largest absolute Gasteiger partial charge is 0.497 e. The smallest absolute Gasteiger partial charge is 0.243 e. The number of hydrogen-bond donors (Lipinski definition) is 1. The number of hydrogen-bond acceptors (Lipinski definition) is 5. The summed E-state index contributed by atoms with van der Waals surface area (Å²) in [7, 11) is -1.93. The van der Waals surface area contributed by atoms with Crippen LogP contribution >= 0.6 is 0 Å². The summed E-state index contributed by atoms with van der Waals surface area (Å²) < 4.78 is 31.7. The molecule has 38 heavy (non-hydrogen) atoms. The molecule has 1 N–H and O–H groups in total. The first-order chi connectivity index (χ1) is 18.1. The number of nitrogens with one attached hydrogen (secondary N) is 1. The molecule has 1 aliphatic rings. The molecule has 3 rings (SSSR count). The second-order valence-corrected chi connectivity index (χ2v) is 11.9. The molecule has 1 unspecified atom stereocenters. The summed E-state index contributed by atoms with van der Waals surface area (Å²) in [6, 6.07) is 14.3. The van der Waals surface area contributed by atoms with Gasteiger partial charge >= 0.3 is 0 Å². The van der Waals surface area contributed by atoms with Gasteiger partial charge in [-0.15, -0.1) is 0 Å². The van der Waals surface area contributed by atoms with E-state index < -0.39 is 16.1 Å². The molecule has 0 aliphatic heterocycles. The Balaban J connectivity index is 1.76. The van der Waals surface area contributed by atoms with E-state index in [4.69, 9.17) is 4.74 Å². The van der Waals surface area contributed by atoms with Gasteiger partial charge in [0.2, 0.25) is 21.8 Å². The Morgan fingerprint density at radius 3 is 2.32 bits per heavy atom. The maximum absolute atomic E-state index is 13.6. The van der Waals surface area contributed by atoms with Crippen molar-refractivity contribution in [2.45, 2.75) is 77.4 Å². The monoisotopic (exact) mass is 543 g/mol. The van der Waals surface area contributed by atoms with Gasteiger partial charge in [-0.05, 0) is 61.9 Å². The van der Waals surface area contributed by atoms with Gasteiger partial charge in [0.25, 0.3) is 0 Å². The number of benzene rings is 2. The molecule has 1 fully saturated rings. The number of carbonyl (C=O) groups excluding carboxylic acids is 2. The minimum absolute atomic E-state index is 0.126. The van der Waals surface area contributed by atoms with Gasteiger partial charge in [0.1, 0.15) is 11.8 Å². The number of amides is 2. The second kappa shape index (κ2) is 13.6. The van der Waals surface area contributed by atoms with E-state index in [2.05, 4.69) is 5.32 Å². The lowest BCUT2D eigenvalue weighted by molar-refractivity contribution is -0.141. The summed E-state index contributed by atoms with van der Waals surface area (Å²) in [6.45, 7) is 4.24.